The number of imidazole rings is 4. The minimum Gasteiger partial charge on any atom is -0.369 e. The molecule has 28 N–H and O–H groups in total. The van der Waals surface area contributed by atoms with Gasteiger partial charge in [0.1, 0.15) is 45.6 Å². The Morgan fingerprint density at radius 3 is 0.700 bits per heavy atom. The number of aromatic amines is 12. The number of carbonyl (C=O) groups excluding carboxylic acids is 8. The van der Waals surface area contributed by atoms with E-state index in [0.717, 1.165) is 72.4 Å². The van der Waals surface area contributed by atoms with Crippen LogP contribution in [0.25, 0.3) is 0 Å². The highest BCUT2D eigenvalue weighted by atomic mass is 79.9. The van der Waals surface area contributed by atoms with Crippen molar-refractivity contribution in [3.05, 3.63) is 225 Å². The lowest BCUT2D eigenvalue weighted by Crippen LogP contribution is -2.42. The summed E-state index contributed by atoms with van der Waals surface area (Å²) in [4.78, 5) is 153. The normalized spacial score (nSPS) is 18.1. The fourth-order valence-electron chi connectivity index (χ4n) is 15.1. The Labute approximate surface area is 751 Å². The highest BCUT2D eigenvalue weighted by Crippen LogP contribution is 2.35. The first-order valence-corrected chi connectivity index (χ1v) is 44.2. The summed E-state index contributed by atoms with van der Waals surface area (Å²) in [7, 11) is 0. The summed E-state index contributed by atoms with van der Waals surface area (Å²) in [6, 6.07) is 17.4. The summed E-state index contributed by atoms with van der Waals surface area (Å²) in [5.74, 6) is 1.09. The number of hydrogen-bond donors (Lipinski definition) is 24. The standard InChI is InChI=1S/C19H19Br4N7O2.2C19H21Br2N7O2.C19H23N7O2/c20-9-3-13(27-15(9)22)17(31)25-5-7-1-11-12(30-19(24)29-11)2-8(7)6-26-18(32)14-4-10(21)16(23)28-14;2*20-11-3-15(23-7-11)17(29)25-5-9-1-13-14(28-19(22)27-13)2-10(9)6-26-18(30)16-4-12(21)8-24-16;20-19-25-15-7-11(9-23-17(27)13-3-1-5-21-13)12(8-16(15)26-19)10-24-18(28)14-4-2-6-22-14/h3-4,7-8,27-28H,1-2,5-6H2,(H,25,31)(H,26,32)(H3,24,29,30);2*3-4,7-10,23-24H,1-2,5-6H2,(H,25,29)(H,26,30)(H3,22,27,28);1-6,11-12,21-22H,7-10H2,(H,23,27)(H,24,28)(H3,20,25,26). The molecule has 8 amide bonds. The monoisotopic (exact) mass is 2150 g/mol. The molecule has 120 heavy (non-hydrogen) atoms. The van der Waals surface area contributed by atoms with Crippen molar-refractivity contribution in [2.75, 3.05) is 75.3 Å². The highest BCUT2D eigenvalue weighted by molar-refractivity contribution is 9.13. The van der Waals surface area contributed by atoms with E-state index in [-0.39, 0.29) is 94.6 Å². The molecule has 0 radical (unpaired) electrons. The van der Waals surface area contributed by atoms with Crippen LogP contribution in [0.1, 0.15) is 129 Å². The van der Waals surface area contributed by atoms with E-state index in [1.165, 1.54) is 0 Å². The number of fused-ring (bicyclic) bond motifs is 4. The Kier molecular flexibility index (Phi) is 29.3. The second-order valence-corrected chi connectivity index (χ2v) is 36.3. The first-order valence-electron chi connectivity index (χ1n) is 37.9. The summed E-state index contributed by atoms with van der Waals surface area (Å²) in [6.45, 7) is 3.77. The minimum absolute atomic E-state index is 0.0819. The number of rotatable bonds is 24. The summed E-state index contributed by atoms with van der Waals surface area (Å²) in [5, 5.41) is 23.9. The van der Waals surface area contributed by atoms with E-state index in [9.17, 15) is 38.4 Å². The lowest BCUT2D eigenvalue weighted by Gasteiger charge is -2.31. The number of nitrogens with zero attached hydrogens (tertiary/aromatic N) is 4. The Morgan fingerprint density at radius 2 is 0.508 bits per heavy atom. The maximum Gasteiger partial charge on any atom is 0.267 e. The lowest BCUT2D eigenvalue weighted by molar-refractivity contribution is 0.0911. The van der Waals surface area contributed by atoms with Gasteiger partial charge in [0, 0.05) is 130 Å². The van der Waals surface area contributed by atoms with Crippen LogP contribution in [0.3, 0.4) is 0 Å². The molecular weight excluding hydrogens is 2070 g/mol. The van der Waals surface area contributed by atoms with Gasteiger partial charge in [-0.3, -0.25) is 38.4 Å². The maximum atomic E-state index is 12.6. The molecule has 36 nitrogen and oxygen atoms in total. The number of anilines is 4. The van der Waals surface area contributed by atoms with E-state index >= 15 is 0 Å². The number of nitrogens with one attached hydrogen (secondary N) is 20. The number of halogens is 8. The van der Waals surface area contributed by atoms with Gasteiger partial charge >= 0.3 is 0 Å². The first-order chi connectivity index (χ1) is 57.6. The fourth-order valence-corrected chi connectivity index (χ4v) is 17.7. The molecule has 8 atom stereocenters. The van der Waals surface area contributed by atoms with Crippen LogP contribution in [0.5, 0.6) is 0 Å². The van der Waals surface area contributed by atoms with Crippen molar-refractivity contribution in [3.63, 3.8) is 0 Å². The maximum absolute atomic E-state index is 12.6. The Balaban J connectivity index is 0.000000138. The summed E-state index contributed by atoms with van der Waals surface area (Å²) >= 11 is 26.8. The minimum atomic E-state index is -0.201. The van der Waals surface area contributed by atoms with Crippen molar-refractivity contribution >= 4 is 198 Å². The third-order valence-corrected chi connectivity index (χ3v) is 26.7. The largest absolute Gasteiger partial charge is 0.369 e. The van der Waals surface area contributed by atoms with Crippen LogP contribution in [0.15, 0.2) is 134 Å². The molecule has 0 saturated heterocycles. The molecule has 0 saturated carbocycles. The molecular formula is C76H84Br8N28O8. The van der Waals surface area contributed by atoms with Crippen LogP contribution in [-0.2, 0) is 51.4 Å². The fraction of sp³-hybridized carbons (Fsp3) is 0.316. The Bertz CT molecular complexity index is 5070. The smallest absolute Gasteiger partial charge is 0.267 e. The molecule has 12 aromatic heterocycles. The van der Waals surface area contributed by atoms with E-state index in [4.69, 9.17) is 22.9 Å². The third kappa shape index (κ3) is 22.9. The van der Waals surface area contributed by atoms with Crippen LogP contribution in [0.4, 0.5) is 23.8 Å². The van der Waals surface area contributed by atoms with E-state index < -0.39 is 0 Å². The Morgan fingerprint density at radius 1 is 0.292 bits per heavy atom. The molecule has 0 aromatic carbocycles. The lowest BCUT2D eigenvalue weighted by atomic mass is 9.79. The van der Waals surface area contributed by atoms with Gasteiger partial charge in [0.2, 0.25) is 0 Å². The van der Waals surface area contributed by atoms with E-state index in [1.807, 2.05) is 0 Å². The number of nitrogens with two attached hydrogens (primary N) is 4. The zero-order valence-corrected chi connectivity index (χ0v) is 76.2. The van der Waals surface area contributed by atoms with Gasteiger partial charge in [-0.15, -0.1) is 0 Å². The molecule has 0 bridgehead atoms. The van der Waals surface area contributed by atoms with Crippen molar-refractivity contribution in [3.8, 4) is 0 Å². The van der Waals surface area contributed by atoms with Crippen molar-refractivity contribution < 1.29 is 38.4 Å². The molecule has 0 fully saturated rings. The molecule has 44 heteroatoms. The van der Waals surface area contributed by atoms with Crippen molar-refractivity contribution in [2.24, 2.45) is 47.3 Å². The van der Waals surface area contributed by atoms with Crippen LogP contribution >= 0.6 is 127 Å². The Hall–Kier alpha value is -10.1. The van der Waals surface area contributed by atoms with Crippen molar-refractivity contribution in [2.45, 2.75) is 51.4 Å². The van der Waals surface area contributed by atoms with Gasteiger partial charge in [0.25, 0.3) is 47.3 Å². The zero-order chi connectivity index (χ0) is 85.0. The van der Waals surface area contributed by atoms with Crippen LogP contribution in [-0.4, -0.2) is 179 Å². The molecule has 4 aliphatic carbocycles. The quantitative estimate of drug-likeness (QED) is 0.0268. The predicted molar refractivity (Wildman–Crippen MR) is 476 cm³/mol. The third-order valence-electron chi connectivity index (χ3n) is 21.3. The summed E-state index contributed by atoms with van der Waals surface area (Å²) in [6.07, 6.45) is 15.8. The number of amides is 8. The summed E-state index contributed by atoms with van der Waals surface area (Å²) < 4.78 is 6.25. The second kappa shape index (κ2) is 40.0. The number of H-pyrrole nitrogens is 12. The van der Waals surface area contributed by atoms with Crippen molar-refractivity contribution in [1.29, 1.82) is 0 Å². The van der Waals surface area contributed by atoms with Gasteiger partial charge < -0.3 is 125 Å². The van der Waals surface area contributed by atoms with Crippen molar-refractivity contribution in [1.82, 2.24) is 122 Å². The average molecular weight is 2160 g/mol. The van der Waals surface area contributed by atoms with Gasteiger partial charge in [0.05, 0.1) is 40.9 Å². The van der Waals surface area contributed by atoms with Gasteiger partial charge in [-0.25, -0.2) is 19.9 Å². The molecule has 16 rings (SSSR count). The second-order valence-electron chi connectivity index (χ2n) is 29.4. The van der Waals surface area contributed by atoms with Crippen LogP contribution in [0.2, 0.25) is 0 Å². The molecule has 12 aromatic rings. The van der Waals surface area contributed by atoms with E-state index in [2.05, 4.69) is 250 Å². The molecule has 0 aliphatic heterocycles. The number of nitrogen functional groups attached to an aromatic ring is 4. The number of aromatic nitrogens is 16. The summed E-state index contributed by atoms with van der Waals surface area (Å²) in [5.41, 5.74) is 34.9. The first kappa shape index (κ1) is 87.7. The highest BCUT2D eigenvalue weighted by Gasteiger charge is 2.37. The predicted octanol–water partition coefficient (Wildman–Crippen LogP) is 9.46. The van der Waals surface area contributed by atoms with Crippen LogP contribution < -0.4 is 65.5 Å². The van der Waals surface area contributed by atoms with E-state index in [1.54, 1.807) is 97.8 Å². The van der Waals surface area contributed by atoms with Gasteiger partial charge in [-0.1, -0.05) is 0 Å². The number of hydrogen-bond acceptors (Lipinski definition) is 16. The zero-order valence-electron chi connectivity index (χ0n) is 63.6. The van der Waals surface area contributed by atoms with E-state index in [0.29, 0.717) is 182 Å². The molecule has 0 spiro atoms. The SMILES string of the molecule is Nc1nc2c([nH]1)CC(CNC(=O)c1cc(Br)c(Br)[nH]1)C(CNC(=O)c1cc(Br)c(Br)[nH]1)C2.Nc1nc2c([nH]1)CC(CNC(=O)c1cc(Br)c[nH]1)C(CNC(=O)c1cc(Br)c[nH]1)C2.Nc1nc2c([nH]1)CC(CNC(=O)c1cc(Br)c[nH]1)C(CNC(=O)c1cc(Br)c[nH]1)C2.Nc1nc2c([nH]1)CC(CNC(=O)c1ccc[nH]1)C(CNC(=O)c1ccc[nH]1)C2. The van der Waals surface area contributed by atoms with Gasteiger partial charge in [-0.2, -0.15) is 0 Å². The molecule has 4 aliphatic rings. The molecule has 632 valence electrons. The average Bonchev–Trinajstić information content (AvgIpc) is 1.57. The van der Waals surface area contributed by atoms with Gasteiger partial charge in [-0.05, 0) is 287 Å². The van der Waals surface area contributed by atoms with Gasteiger partial charge in [0.15, 0.2) is 23.8 Å². The molecule has 12 heterocycles. The van der Waals surface area contributed by atoms with Crippen LogP contribution in [0, 0.1) is 47.3 Å². The number of carbonyl (C=O) groups is 8. The molecule has 8 unspecified atom stereocenters. The topological polar surface area (TPSA) is 578 Å².